The average molecular weight is 316 g/mol. The number of carbonyl (C=O) groups excluding carboxylic acids is 1. The molecule has 0 fully saturated rings. The smallest absolute Gasteiger partial charge is 0.267 e. The van der Waals surface area contributed by atoms with E-state index in [2.05, 4.69) is 24.4 Å². The second kappa shape index (κ2) is 7.09. The number of benzene rings is 3. The predicted octanol–water partition coefficient (Wildman–Crippen LogP) is 4.63. The van der Waals surface area contributed by atoms with Crippen LogP contribution in [0.15, 0.2) is 77.9 Å². The van der Waals surface area contributed by atoms with Crippen LogP contribution in [0.4, 0.5) is 0 Å². The van der Waals surface area contributed by atoms with Crippen LogP contribution in [0.25, 0.3) is 10.8 Å². The monoisotopic (exact) mass is 316 g/mol. The molecule has 3 heteroatoms. The summed E-state index contributed by atoms with van der Waals surface area (Å²) < 4.78 is 0. The number of rotatable bonds is 4. The molecule has 0 spiro atoms. The highest BCUT2D eigenvalue weighted by molar-refractivity contribution is 6.08. The summed E-state index contributed by atoms with van der Waals surface area (Å²) in [7, 11) is 0. The molecule has 3 nitrogen and oxygen atoms in total. The van der Waals surface area contributed by atoms with Gasteiger partial charge in [0.25, 0.3) is 5.91 Å². The summed E-state index contributed by atoms with van der Waals surface area (Å²) >= 11 is 0. The maximum absolute atomic E-state index is 12.6. The van der Waals surface area contributed by atoms with Crippen molar-refractivity contribution in [3.05, 3.63) is 83.9 Å². The van der Waals surface area contributed by atoms with Gasteiger partial charge >= 0.3 is 0 Å². The fourth-order valence-corrected chi connectivity index (χ4v) is 2.73. The third-order valence-electron chi connectivity index (χ3n) is 3.93. The Kier molecular flexibility index (Phi) is 4.71. The molecule has 0 aliphatic rings. The van der Waals surface area contributed by atoms with Crippen LogP contribution in [0.3, 0.4) is 0 Å². The molecule has 120 valence electrons. The minimum absolute atomic E-state index is 0.194. The minimum atomic E-state index is -0.194. The van der Waals surface area contributed by atoms with Gasteiger partial charge in [0.1, 0.15) is 0 Å². The third-order valence-corrected chi connectivity index (χ3v) is 3.93. The van der Waals surface area contributed by atoms with E-state index < -0.39 is 0 Å². The first-order chi connectivity index (χ1) is 11.7. The molecule has 3 aromatic rings. The zero-order valence-electron chi connectivity index (χ0n) is 13.9. The number of hydrazone groups is 1. The van der Waals surface area contributed by atoms with Crippen molar-refractivity contribution >= 4 is 22.4 Å². The first kappa shape index (κ1) is 15.9. The number of nitrogens with one attached hydrogen (secondary N) is 1. The van der Waals surface area contributed by atoms with Crippen LogP contribution < -0.4 is 5.43 Å². The van der Waals surface area contributed by atoms with E-state index in [0.717, 1.165) is 22.0 Å². The molecular formula is C21H20N2O. The van der Waals surface area contributed by atoms with E-state index >= 15 is 0 Å². The standard InChI is InChI=1S/C21H20N2O/c1-15(2)20(17-10-4-3-5-11-17)22-23-21(24)19-14-8-12-16-9-6-7-13-18(16)19/h3-15H,1-2H3,(H,23,24). The normalized spacial score (nSPS) is 11.7. The number of hydrogen-bond donors (Lipinski definition) is 1. The van der Waals surface area contributed by atoms with Gasteiger partial charge in [-0.2, -0.15) is 5.10 Å². The highest BCUT2D eigenvalue weighted by Gasteiger charge is 2.12. The van der Waals surface area contributed by atoms with Crippen molar-refractivity contribution in [2.75, 3.05) is 0 Å². The van der Waals surface area contributed by atoms with Crippen LogP contribution in [-0.2, 0) is 0 Å². The van der Waals surface area contributed by atoms with Crippen molar-refractivity contribution in [2.24, 2.45) is 11.0 Å². The second-order valence-corrected chi connectivity index (χ2v) is 5.99. The first-order valence-electron chi connectivity index (χ1n) is 8.08. The molecular weight excluding hydrogens is 296 g/mol. The highest BCUT2D eigenvalue weighted by atomic mass is 16.2. The molecule has 0 bridgehead atoms. The molecule has 0 atom stereocenters. The number of hydrogen-bond acceptors (Lipinski definition) is 2. The van der Waals surface area contributed by atoms with E-state index in [-0.39, 0.29) is 11.8 Å². The van der Waals surface area contributed by atoms with Crippen molar-refractivity contribution in [1.29, 1.82) is 0 Å². The zero-order valence-corrected chi connectivity index (χ0v) is 13.9. The van der Waals surface area contributed by atoms with Gasteiger partial charge in [-0.05, 0) is 28.3 Å². The van der Waals surface area contributed by atoms with E-state index in [0.29, 0.717) is 5.56 Å². The minimum Gasteiger partial charge on any atom is -0.267 e. The average Bonchev–Trinajstić information content (AvgIpc) is 2.62. The van der Waals surface area contributed by atoms with Gasteiger partial charge in [0, 0.05) is 5.56 Å². The summed E-state index contributed by atoms with van der Waals surface area (Å²) in [5.41, 5.74) is 5.24. The molecule has 0 aromatic heterocycles. The lowest BCUT2D eigenvalue weighted by atomic mass is 10.0. The Morgan fingerprint density at radius 1 is 0.875 bits per heavy atom. The van der Waals surface area contributed by atoms with Crippen LogP contribution in [0.5, 0.6) is 0 Å². The Hall–Kier alpha value is -2.94. The maximum atomic E-state index is 12.6. The number of nitrogens with zero attached hydrogens (tertiary/aromatic N) is 1. The number of fused-ring (bicyclic) bond motifs is 1. The van der Waals surface area contributed by atoms with Crippen molar-refractivity contribution in [3.63, 3.8) is 0 Å². The summed E-state index contributed by atoms with van der Waals surface area (Å²) in [6.45, 7) is 4.13. The van der Waals surface area contributed by atoms with Gasteiger partial charge in [-0.25, -0.2) is 5.43 Å². The summed E-state index contributed by atoms with van der Waals surface area (Å²) in [5.74, 6) is 0.0149. The molecule has 1 amide bonds. The maximum Gasteiger partial charge on any atom is 0.272 e. The molecule has 3 aromatic carbocycles. The van der Waals surface area contributed by atoms with Crippen molar-refractivity contribution < 1.29 is 4.79 Å². The fourth-order valence-electron chi connectivity index (χ4n) is 2.73. The van der Waals surface area contributed by atoms with Crippen LogP contribution in [0.2, 0.25) is 0 Å². The Bertz CT molecular complexity index is 877. The molecule has 1 N–H and O–H groups in total. The van der Waals surface area contributed by atoms with E-state index in [1.165, 1.54) is 0 Å². The zero-order chi connectivity index (χ0) is 16.9. The van der Waals surface area contributed by atoms with Gasteiger partial charge in [0.05, 0.1) is 5.71 Å². The largest absolute Gasteiger partial charge is 0.272 e. The lowest BCUT2D eigenvalue weighted by Crippen LogP contribution is -2.22. The molecule has 0 heterocycles. The SMILES string of the molecule is CC(C)C(=NNC(=O)c1cccc2ccccc12)c1ccccc1. The highest BCUT2D eigenvalue weighted by Crippen LogP contribution is 2.18. The molecule has 0 saturated carbocycles. The Balaban J connectivity index is 1.90. The van der Waals surface area contributed by atoms with Gasteiger partial charge < -0.3 is 0 Å². The van der Waals surface area contributed by atoms with Gasteiger partial charge in [-0.15, -0.1) is 0 Å². The van der Waals surface area contributed by atoms with Gasteiger partial charge in [0.15, 0.2) is 0 Å². The summed E-state index contributed by atoms with van der Waals surface area (Å²) in [6.07, 6.45) is 0. The molecule has 0 saturated heterocycles. The quantitative estimate of drug-likeness (QED) is 0.553. The Morgan fingerprint density at radius 3 is 2.29 bits per heavy atom. The molecule has 0 radical (unpaired) electrons. The van der Waals surface area contributed by atoms with Crippen molar-refractivity contribution in [1.82, 2.24) is 5.43 Å². The summed E-state index contributed by atoms with van der Waals surface area (Å²) in [6, 6.07) is 23.5. The molecule has 0 aliphatic carbocycles. The topological polar surface area (TPSA) is 41.5 Å². The van der Waals surface area contributed by atoms with E-state index in [9.17, 15) is 4.79 Å². The fraction of sp³-hybridized carbons (Fsp3) is 0.143. The van der Waals surface area contributed by atoms with Crippen LogP contribution in [0, 0.1) is 5.92 Å². The van der Waals surface area contributed by atoms with E-state index in [4.69, 9.17) is 0 Å². The first-order valence-corrected chi connectivity index (χ1v) is 8.08. The van der Waals surface area contributed by atoms with Crippen LogP contribution in [-0.4, -0.2) is 11.6 Å². The van der Waals surface area contributed by atoms with Crippen molar-refractivity contribution in [3.8, 4) is 0 Å². The number of carbonyl (C=O) groups is 1. The third kappa shape index (κ3) is 3.35. The predicted molar refractivity (Wildman–Crippen MR) is 99.2 cm³/mol. The summed E-state index contributed by atoms with van der Waals surface area (Å²) in [5, 5.41) is 6.37. The van der Waals surface area contributed by atoms with Gasteiger partial charge in [-0.1, -0.05) is 80.6 Å². The van der Waals surface area contributed by atoms with Crippen molar-refractivity contribution in [2.45, 2.75) is 13.8 Å². The second-order valence-electron chi connectivity index (χ2n) is 5.99. The molecule has 0 aliphatic heterocycles. The number of amides is 1. The Morgan fingerprint density at radius 2 is 1.54 bits per heavy atom. The van der Waals surface area contributed by atoms with Gasteiger partial charge in [0.2, 0.25) is 0 Å². The van der Waals surface area contributed by atoms with E-state index in [1.54, 1.807) is 0 Å². The Labute approximate surface area is 142 Å². The molecule has 3 rings (SSSR count). The van der Waals surface area contributed by atoms with E-state index in [1.807, 2.05) is 72.8 Å². The van der Waals surface area contributed by atoms with Gasteiger partial charge in [-0.3, -0.25) is 4.79 Å². The lowest BCUT2D eigenvalue weighted by Gasteiger charge is -2.11. The molecule has 0 unspecified atom stereocenters. The van der Waals surface area contributed by atoms with Crippen LogP contribution >= 0.6 is 0 Å². The lowest BCUT2D eigenvalue weighted by molar-refractivity contribution is 0.0956. The van der Waals surface area contributed by atoms with Crippen LogP contribution in [0.1, 0.15) is 29.8 Å². The molecule has 24 heavy (non-hydrogen) atoms. The summed E-state index contributed by atoms with van der Waals surface area (Å²) in [4.78, 5) is 12.6.